The quantitative estimate of drug-likeness (QED) is 0.609. The maximum atomic E-state index is 11.8. The highest BCUT2D eigenvalue weighted by atomic mass is 35.5. The topological polar surface area (TPSA) is 39.2 Å². The van der Waals surface area contributed by atoms with Gasteiger partial charge in [-0.15, -0.1) is 0 Å². The Hall–Kier alpha value is -1.09. The van der Waals surface area contributed by atoms with Gasteiger partial charge in [0.1, 0.15) is 5.15 Å². The van der Waals surface area contributed by atoms with E-state index in [2.05, 4.69) is 18.8 Å². The normalized spacial score (nSPS) is 12.6. The Kier molecular flexibility index (Phi) is 4.94. The van der Waals surface area contributed by atoms with Crippen LogP contribution in [0.1, 0.15) is 43.2 Å². The van der Waals surface area contributed by atoms with Gasteiger partial charge in [0.25, 0.3) is 0 Å². The van der Waals surface area contributed by atoms with E-state index in [9.17, 15) is 4.79 Å². The van der Waals surface area contributed by atoms with Crippen LogP contribution in [0.5, 0.6) is 0 Å². The van der Waals surface area contributed by atoms with Gasteiger partial charge in [0.05, 0.1) is 11.7 Å². The van der Waals surface area contributed by atoms with Gasteiger partial charge in [0, 0.05) is 5.69 Å². The minimum absolute atomic E-state index is 0.0882. The molecule has 1 aromatic heterocycles. The van der Waals surface area contributed by atoms with Gasteiger partial charge in [-0.1, -0.05) is 25.4 Å². The Morgan fingerprint density at radius 2 is 2.06 bits per heavy atom. The molecule has 0 fully saturated rings. The third kappa shape index (κ3) is 4.73. The van der Waals surface area contributed by atoms with Gasteiger partial charge in [-0.25, -0.2) is 9.78 Å². The van der Waals surface area contributed by atoms with Crippen molar-refractivity contribution in [1.82, 2.24) is 4.98 Å². The molecule has 3 nitrogen and oxygen atoms in total. The number of nitrogens with zero attached hydrogens (tertiary/aromatic N) is 1. The van der Waals surface area contributed by atoms with Gasteiger partial charge in [-0.3, -0.25) is 0 Å². The minimum atomic E-state index is -0.342. The summed E-state index contributed by atoms with van der Waals surface area (Å²) >= 11 is 5.80. The molecule has 0 saturated carbocycles. The summed E-state index contributed by atoms with van der Waals surface area (Å²) in [4.78, 5) is 15.8. The fourth-order valence-corrected chi connectivity index (χ4v) is 1.96. The second-order valence-electron chi connectivity index (χ2n) is 4.67. The van der Waals surface area contributed by atoms with E-state index in [-0.39, 0.29) is 12.1 Å². The summed E-state index contributed by atoms with van der Waals surface area (Å²) in [5.41, 5.74) is 1.17. The van der Waals surface area contributed by atoms with E-state index < -0.39 is 0 Å². The summed E-state index contributed by atoms with van der Waals surface area (Å²) in [5, 5.41) is 0.313. The highest BCUT2D eigenvalue weighted by Gasteiger charge is 2.14. The molecule has 0 aliphatic rings. The van der Waals surface area contributed by atoms with Crippen LogP contribution in [0.2, 0.25) is 5.15 Å². The predicted molar refractivity (Wildman–Crippen MR) is 68.3 cm³/mol. The standard InChI is InChI=1S/C13H18ClNO2/c1-8(2)5-10(4)17-13(16)11-6-9(3)15-12(14)7-11/h6-8,10H,5H2,1-4H3. The van der Waals surface area contributed by atoms with Gasteiger partial charge in [0.15, 0.2) is 0 Å². The maximum Gasteiger partial charge on any atom is 0.338 e. The summed E-state index contributed by atoms with van der Waals surface area (Å²) in [6, 6.07) is 3.20. The molecular weight excluding hydrogens is 238 g/mol. The molecule has 1 unspecified atom stereocenters. The van der Waals surface area contributed by atoms with Crippen molar-refractivity contribution in [2.75, 3.05) is 0 Å². The van der Waals surface area contributed by atoms with Crippen LogP contribution in [0, 0.1) is 12.8 Å². The molecule has 0 aliphatic carbocycles. The van der Waals surface area contributed by atoms with Crippen molar-refractivity contribution in [3.63, 3.8) is 0 Å². The molecule has 0 N–H and O–H groups in total. The lowest BCUT2D eigenvalue weighted by Crippen LogP contribution is -2.17. The summed E-state index contributed by atoms with van der Waals surface area (Å²) in [6.45, 7) is 7.88. The van der Waals surface area contributed by atoms with Crippen molar-refractivity contribution in [2.45, 2.75) is 40.2 Å². The zero-order chi connectivity index (χ0) is 13.0. The van der Waals surface area contributed by atoms with E-state index in [1.165, 1.54) is 6.07 Å². The Balaban J connectivity index is 2.69. The molecule has 1 rings (SSSR count). The number of ether oxygens (including phenoxy) is 1. The first-order valence-electron chi connectivity index (χ1n) is 5.73. The molecule has 17 heavy (non-hydrogen) atoms. The van der Waals surface area contributed by atoms with Gasteiger partial charge in [0.2, 0.25) is 0 Å². The summed E-state index contributed by atoms with van der Waals surface area (Å²) in [5.74, 6) is 0.158. The molecule has 0 saturated heterocycles. The third-order valence-corrected chi connectivity index (χ3v) is 2.46. The van der Waals surface area contributed by atoms with Crippen LogP contribution < -0.4 is 0 Å². The summed E-state index contributed by atoms with van der Waals surface area (Å²) in [6.07, 6.45) is 0.763. The molecule has 1 heterocycles. The van der Waals surface area contributed by atoms with Gasteiger partial charge < -0.3 is 4.74 Å². The van der Waals surface area contributed by atoms with Crippen molar-refractivity contribution >= 4 is 17.6 Å². The summed E-state index contributed by atoms with van der Waals surface area (Å²) < 4.78 is 5.33. The molecule has 0 aromatic carbocycles. The maximum absolute atomic E-state index is 11.8. The van der Waals surface area contributed by atoms with Crippen molar-refractivity contribution < 1.29 is 9.53 Å². The first-order chi connectivity index (χ1) is 7.88. The molecule has 0 aliphatic heterocycles. The lowest BCUT2D eigenvalue weighted by Gasteiger charge is -2.15. The smallest absolute Gasteiger partial charge is 0.338 e. The average molecular weight is 256 g/mol. The number of halogens is 1. The zero-order valence-electron chi connectivity index (χ0n) is 10.7. The van der Waals surface area contributed by atoms with Gasteiger partial charge >= 0.3 is 5.97 Å². The number of aryl methyl sites for hydroxylation is 1. The number of hydrogen-bond donors (Lipinski definition) is 0. The van der Waals surface area contributed by atoms with Crippen LogP contribution in [-0.2, 0) is 4.74 Å². The predicted octanol–water partition coefficient (Wildman–Crippen LogP) is 3.63. The second-order valence-corrected chi connectivity index (χ2v) is 5.05. The second kappa shape index (κ2) is 6.01. The van der Waals surface area contributed by atoms with E-state index in [1.807, 2.05) is 6.92 Å². The number of hydrogen-bond acceptors (Lipinski definition) is 3. The van der Waals surface area contributed by atoms with Crippen LogP contribution in [0.15, 0.2) is 12.1 Å². The Morgan fingerprint density at radius 3 is 2.59 bits per heavy atom. The van der Waals surface area contributed by atoms with Crippen molar-refractivity contribution in [1.29, 1.82) is 0 Å². The van der Waals surface area contributed by atoms with Crippen LogP contribution >= 0.6 is 11.6 Å². The van der Waals surface area contributed by atoms with Crippen molar-refractivity contribution in [3.05, 3.63) is 28.5 Å². The van der Waals surface area contributed by atoms with E-state index in [1.54, 1.807) is 13.0 Å². The largest absolute Gasteiger partial charge is 0.459 e. The fraction of sp³-hybridized carbons (Fsp3) is 0.538. The molecule has 0 spiro atoms. The Morgan fingerprint density at radius 1 is 1.41 bits per heavy atom. The van der Waals surface area contributed by atoms with E-state index in [0.717, 1.165) is 6.42 Å². The van der Waals surface area contributed by atoms with Crippen LogP contribution in [-0.4, -0.2) is 17.1 Å². The Labute approximate surface area is 107 Å². The monoisotopic (exact) mass is 255 g/mol. The third-order valence-electron chi connectivity index (χ3n) is 2.27. The first-order valence-corrected chi connectivity index (χ1v) is 6.11. The molecular formula is C13H18ClNO2. The number of carbonyl (C=O) groups is 1. The van der Waals surface area contributed by atoms with Gasteiger partial charge in [-0.05, 0) is 38.3 Å². The molecule has 0 amide bonds. The SMILES string of the molecule is Cc1cc(C(=O)OC(C)CC(C)C)cc(Cl)n1. The first kappa shape index (κ1) is 14.0. The van der Waals surface area contributed by atoms with E-state index in [0.29, 0.717) is 22.3 Å². The van der Waals surface area contributed by atoms with E-state index >= 15 is 0 Å². The zero-order valence-corrected chi connectivity index (χ0v) is 11.4. The van der Waals surface area contributed by atoms with Crippen molar-refractivity contribution in [3.8, 4) is 0 Å². The number of aromatic nitrogens is 1. The van der Waals surface area contributed by atoms with E-state index in [4.69, 9.17) is 16.3 Å². The minimum Gasteiger partial charge on any atom is -0.459 e. The molecule has 1 atom stereocenters. The average Bonchev–Trinajstić information content (AvgIpc) is 2.14. The van der Waals surface area contributed by atoms with Crippen LogP contribution in [0.4, 0.5) is 0 Å². The van der Waals surface area contributed by atoms with Crippen molar-refractivity contribution in [2.24, 2.45) is 5.92 Å². The highest BCUT2D eigenvalue weighted by Crippen LogP contribution is 2.14. The lowest BCUT2D eigenvalue weighted by atomic mass is 10.1. The number of rotatable bonds is 4. The summed E-state index contributed by atoms with van der Waals surface area (Å²) in [7, 11) is 0. The molecule has 1 aromatic rings. The number of carbonyl (C=O) groups excluding carboxylic acids is 1. The molecule has 4 heteroatoms. The fourth-order valence-electron chi connectivity index (χ4n) is 1.71. The number of esters is 1. The molecule has 0 radical (unpaired) electrons. The molecule has 0 bridgehead atoms. The highest BCUT2D eigenvalue weighted by molar-refractivity contribution is 6.29. The Bertz CT molecular complexity index is 384. The van der Waals surface area contributed by atoms with Gasteiger partial charge in [-0.2, -0.15) is 0 Å². The van der Waals surface area contributed by atoms with Crippen LogP contribution in [0.3, 0.4) is 0 Å². The van der Waals surface area contributed by atoms with Crippen LogP contribution in [0.25, 0.3) is 0 Å². The molecule has 94 valence electrons. The number of pyridine rings is 1. The lowest BCUT2D eigenvalue weighted by molar-refractivity contribution is 0.0299.